The van der Waals surface area contributed by atoms with E-state index in [1.165, 1.54) is 50.5 Å². The van der Waals surface area contributed by atoms with Gasteiger partial charge in [-0.05, 0) is 86.8 Å². The molecule has 0 atom stereocenters. The minimum Gasteiger partial charge on any atom is -0.497 e. The zero-order valence-corrected chi connectivity index (χ0v) is 16.0. The third-order valence-corrected chi connectivity index (χ3v) is 7.77. The van der Waals surface area contributed by atoms with Gasteiger partial charge in [0.25, 0.3) is 0 Å². The van der Waals surface area contributed by atoms with E-state index in [2.05, 4.69) is 23.1 Å². The van der Waals surface area contributed by atoms with Crippen molar-refractivity contribution in [2.24, 2.45) is 23.7 Å². The molecule has 1 aromatic carbocycles. The maximum absolute atomic E-state index is 13.5. The second-order valence-corrected chi connectivity index (χ2v) is 9.55. The van der Waals surface area contributed by atoms with Crippen LogP contribution in [0.5, 0.6) is 5.75 Å². The van der Waals surface area contributed by atoms with Crippen molar-refractivity contribution >= 4 is 5.91 Å². The molecule has 0 radical (unpaired) electrons. The molecule has 5 fully saturated rings. The van der Waals surface area contributed by atoms with Crippen LogP contribution in [0.3, 0.4) is 0 Å². The lowest BCUT2D eigenvalue weighted by molar-refractivity contribution is -0.159. The van der Waals surface area contributed by atoms with Gasteiger partial charge in [0.2, 0.25) is 5.91 Å². The number of rotatable bonds is 5. The normalized spacial score (nSPS) is 35.2. The van der Waals surface area contributed by atoms with E-state index in [0.29, 0.717) is 5.91 Å². The summed E-state index contributed by atoms with van der Waals surface area (Å²) in [5, 5.41) is 0. The van der Waals surface area contributed by atoms with E-state index in [4.69, 9.17) is 4.74 Å². The van der Waals surface area contributed by atoms with Crippen molar-refractivity contribution in [3.05, 3.63) is 29.8 Å². The van der Waals surface area contributed by atoms with Crippen LogP contribution in [0.1, 0.15) is 63.4 Å². The Morgan fingerprint density at radius 3 is 2.31 bits per heavy atom. The maximum Gasteiger partial charge on any atom is 0.226 e. The quantitative estimate of drug-likeness (QED) is 0.761. The Labute approximate surface area is 157 Å². The second kappa shape index (κ2) is 6.28. The van der Waals surface area contributed by atoms with E-state index in [-0.39, 0.29) is 11.5 Å². The smallest absolute Gasteiger partial charge is 0.226 e. The number of benzene rings is 1. The van der Waals surface area contributed by atoms with Gasteiger partial charge in [0.05, 0.1) is 7.11 Å². The first-order valence-electron chi connectivity index (χ1n) is 10.6. The molecule has 140 valence electrons. The van der Waals surface area contributed by atoms with E-state index in [1.54, 1.807) is 7.11 Å². The van der Waals surface area contributed by atoms with Gasteiger partial charge in [-0.15, -0.1) is 0 Å². The first kappa shape index (κ1) is 16.6. The summed E-state index contributed by atoms with van der Waals surface area (Å²) in [6.07, 6.45) is 11.4. The van der Waals surface area contributed by atoms with Crippen LogP contribution in [0.15, 0.2) is 24.3 Å². The summed E-state index contributed by atoms with van der Waals surface area (Å²) >= 11 is 0. The monoisotopic (exact) mass is 353 g/mol. The summed E-state index contributed by atoms with van der Waals surface area (Å²) in [6.45, 7) is 0.763. The molecule has 5 aliphatic rings. The molecule has 26 heavy (non-hydrogen) atoms. The highest BCUT2D eigenvalue weighted by molar-refractivity contribution is 5.80. The van der Waals surface area contributed by atoms with Gasteiger partial charge in [-0.1, -0.05) is 18.6 Å². The number of carbonyl (C=O) groups is 1. The molecule has 5 saturated carbocycles. The average Bonchev–Trinajstić information content (AvgIpc) is 2.57. The van der Waals surface area contributed by atoms with Crippen LogP contribution in [0, 0.1) is 23.7 Å². The van der Waals surface area contributed by atoms with Gasteiger partial charge in [-0.3, -0.25) is 4.79 Å². The highest BCUT2D eigenvalue weighted by Crippen LogP contribution is 2.58. The number of carbonyl (C=O) groups excluding carboxylic acids is 1. The Morgan fingerprint density at radius 1 is 1.12 bits per heavy atom. The van der Waals surface area contributed by atoms with Crippen molar-refractivity contribution in [1.29, 1.82) is 0 Å². The van der Waals surface area contributed by atoms with Crippen LogP contribution >= 0.6 is 0 Å². The summed E-state index contributed by atoms with van der Waals surface area (Å²) < 4.78 is 5.42. The fraction of sp³-hybridized carbons (Fsp3) is 0.696. The Kier molecular flexibility index (Phi) is 4.02. The molecular weight excluding hydrogens is 322 g/mol. The Bertz CT molecular complexity index is 658. The van der Waals surface area contributed by atoms with Gasteiger partial charge in [-0.25, -0.2) is 0 Å². The molecule has 0 aromatic heterocycles. The predicted octanol–water partition coefficient (Wildman–Crippen LogP) is 4.79. The molecule has 5 aliphatic carbocycles. The molecule has 4 bridgehead atoms. The molecule has 6 rings (SSSR count). The highest BCUT2D eigenvalue weighted by atomic mass is 16.5. The Morgan fingerprint density at radius 2 is 1.77 bits per heavy atom. The largest absolute Gasteiger partial charge is 0.497 e. The standard InChI is InChI=1S/C23H31NO2/c1-26-21-7-2-4-16(11-21)15-24(22(25)20-5-3-6-20)23-12-17-8-18(13-23)10-19(9-17)14-23/h2,4,7,11,17-20H,3,5-6,8-10,12-15H2,1H3. The van der Waals surface area contributed by atoms with Crippen molar-refractivity contribution in [1.82, 2.24) is 4.90 Å². The third kappa shape index (κ3) is 2.75. The van der Waals surface area contributed by atoms with Crippen LogP contribution in [-0.4, -0.2) is 23.5 Å². The minimum atomic E-state index is 0.143. The summed E-state index contributed by atoms with van der Waals surface area (Å²) in [6, 6.07) is 8.32. The molecule has 3 heteroatoms. The topological polar surface area (TPSA) is 29.5 Å². The third-order valence-electron chi connectivity index (χ3n) is 7.77. The molecule has 0 unspecified atom stereocenters. The van der Waals surface area contributed by atoms with Crippen molar-refractivity contribution < 1.29 is 9.53 Å². The number of methoxy groups -OCH3 is 1. The van der Waals surface area contributed by atoms with Crippen molar-refractivity contribution in [2.75, 3.05) is 7.11 Å². The molecular formula is C23H31NO2. The predicted molar refractivity (Wildman–Crippen MR) is 102 cm³/mol. The van der Waals surface area contributed by atoms with E-state index in [9.17, 15) is 4.79 Å². The first-order valence-corrected chi connectivity index (χ1v) is 10.6. The van der Waals surface area contributed by atoms with Crippen LogP contribution in [0.25, 0.3) is 0 Å². The van der Waals surface area contributed by atoms with E-state index in [0.717, 1.165) is 42.9 Å². The summed E-state index contributed by atoms with van der Waals surface area (Å²) in [7, 11) is 1.72. The average molecular weight is 354 g/mol. The number of nitrogens with zero attached hydrogens (tertiary/aromatic N) is 1. The van der Waals surface area contributed by atoms with Gasteiger partial charge < -0.3 is 9.64 Å². The molecule has 0 spiro atoms. The number of hydrogen-bond donors (Lipinski definition) is 0. The number of amides is 1. The fourth-order valence-electron chi connectivity index (χ4n) is 6.70. The Balaban J connectivity index is 1.46. The highest BCUT2D eigenvalue weighted by Gasteiger charge is 2.55. The maximum atomic E-state index is 13.5. The fourth-order valence-corrected chi connectivity index (χ4v) is 6.70. The minimum absolute atomic E-state index is 0.143. The molecule has 0 saturated heterocycles. The van der Waals surface area contributed by atoms with E-state index < -0.39 is 0 Å². The Hall–Kier alpha value is -1.51. The first-order chi connectivity index (χ1) is 12.6. The molecule has 0 aliphatic heterocycles. The van der Waals surface area contributed by atoms with Crippen molar-refractivity contribution in [2.45, 2.75) is 69.9 Å². The molecule has 1 aromatic rings. The van der Waals surface area contributed by atoms with Gasteiger partial charge in [-0.2, -0.15) is 0 Å². The molecule has 0 heterocycles. The van der Waals surface area contributed by atoms with Crippen molar-refractivity contribution in [3.63, 3.8) is 0 Å². The van der Waals surface area contributed by atoms with Crippen LogP contribution < -0.4 is 4.74 Å². The van der Waals surface area contributed by atoms with Crippen LogP contribution in [0.4, 0.5) is 0 Å². The molecule has 3 nitrogen and oxygen atoms in total. The molecule has 0 N–H and O–H groups in total. The van der Waals surface area contributed by atoms with Gasteiger partial charge in [0.15, 0.2) is 0 Å². The van der Waals surface area contributed by atoms with E-state index in [1.807, 2.05) is 6.07 Å². The van der Waals surface area contributed by atoms with Gasteiger partial charge in [0, 0.05) is 18.0 Å². The lowest BCUT2D eigenvalue weighted by Gasteiger charge is -2.61. The summed E-state index contributed by atoms with van der Waals surface area (Å²) in [5.74, 6) is 4.22. The van der Waals surface area contributed by atoms with E-state index >= 15 is 0 Å². The van der Waals surface area contributed by atoms with Gasteiger partial charge in [0.1, 0.15) is 5.75 Å². The lowest BCUT2D eigenvalue weighted by atomic mass is 9.52. The van der Waals surface area contributed by atoms with Gasteiger partial charge >= 0.3 is 0 Å². The summed E-state index contributed by atoms with van der Waals surface area (Å²) in [5.41, 5.74) is 1.36. The summed E-state index contributed by atoms with van der Waals surface area (Å²) in [4.78, 5) is 15.9. The molecule has 1 amide bonds. The van der Waals surface area contributed by atoms with Crippen molar-refractivity contribution in [3.8, 4) is 5.75 Å². The van der Waals surface area contributed by atoms with Crippen LogP contribution in [0.2, 0.25) is 0 Å². The second-order valence-electron chi connectivity index (χ2n) is 9.55. The number of hydrogen-bond acceptors (Lipinski definition) is 2. The van der Waals surface area contributed by atoms with Crippen LogP contribution in [-0.2, 0) is 11.3 Å². The zero-order valence-electron chi connectivity index (χ0n) is 16.0. The lowest BCUT2D eigenvalue weighted by Crippen LogP contribution is -2.62. The number of ether oxygens (including phenoxy) is 1. The SMILES string of the molecule is COc1cccc(CN(C(=O)C2CCC2)C23CC4CC(CC(C4)C2)C3)c1. The zero-order chi connectivity index (χ0) is 17.7.